The first-order valence-corrected chi connectivity index (χ1v) is 15.5. The number of nitrogens with zero attached hydrogens (tertiary/aromatic N) is 2. The average molecular weight is 559 g/mol. The van der Waals surface area contributed by atoms with Crippen LogP contribution in [0, 0.1) is 19.8 Å². The van der Waals surface area contributed by atoms with Crippen molar-refractivity contribution in [3.63, 3.8) is 0 Å². The molecule has 38 heavy (non-hydrogen) atoms. The van der Waals surface area contributed by atoms with Gasteiger partial charge in [0.1, 0.15) is 10.5 Å². The zero-order valence-corrected chi connectivity index (χ0v) is 24.6. The number of ketones is 1. The van der Waals surface area contributed by atoms with Crippen molar-refractivity contribution in [2.75, 3.05) is 6.26 Å². The molecule has 0 saturated heterocycles. The van der Waals surface area contributed by atoms with E-state index in [9.17, 15) is 21.6 Å². The Kier molecular flexibility index (Phi) is 8.38. The van der Waals surface area contributed by atoms with Gasteiger partial charge in [0.2, 0.25) is 11.7 Å². The third-order valence-electron chi connectivity index (χ3n) is 6.26. The molecule has 8 nitrogen and oxygen atoms in total. The van der Waals surface area contributed by atoms with E-state index < -0.39 is 25.7 Å². The van der Waals surface area contributed by atoms with Crippen LogP contribution in [-0.2, 0) is 26.5 Å². The average Bonchev–Trinajstić information content (AvgIpc) is 3.10. The molecule has 0 atom stereocenters. The van der Waals surface area contributed by atoms with Crippen molar-refractivity contribution in [2.24, 2.45) is 5.92 Å². The van der Waals surface area contributed by atoms with Crippen LogP contribution in [0.15, 0.2) is 57.8 Å². The number of hydrogen-bond acceptors (Lipinski definition) is 7. The van der Waals surface area contributed by atoms with E-state index in [0.29, 0.717) is 23.4 Å². The van der Waals surface area contributed by atoms with Crippen LogP contribution in [0.1, 0.15) is 67.4 Å². The molecule has 0 aliphatic heterocycles. The number of rotatable bonds is 9. The summed E-state index contributed by atoms with van der Waals surface area (Å²) in [7, 11) is -7.85. The van der Waals surface area contributed by atoms with Crippen LogP contribution in [0.4, 0.5) is 0 Å². The molecule has 0 bridgehead atoms. The summed E-state index contributed by atoms with van der Waals surface area (Å²) in [6, 6.07) is 10.6. The zero-order valence-electron chi connectivity index (χ0n) is 23.0. The topological polar surface area (TPSA) is 112 Å². The number of hydrogen-bond donors (Lipinski definition) is 0. The van der Waals surface area contributed by atoms with Crippen molar-refractivity contribution in [1.29, 1.82) is 0 Å². The van der Waals surface area contributed by atoms with Crippen molar-refractivity contribution in [1.82, 2.24) is 9.78 Å². The van der Waals surface area contributed by atoms with Gasteiger partial charge in [0.25, 0.3) is 0 Å². The SMILES string of the molecule is CC(C)=C(C)c1c(S(C)(=O)=O)ccc(C(=O)c2c(C)nn(CC(C)C)c2OS(=O)(=O)c2ccccc2)c1C. The van der Waals surface area contributed by atoms with E-state index in [1.807, 2.05) is 34.6 Å². The third kappa shape index (κ3) is 5.91. The molecule has 0 fully saturated rings. The predicted octanol–water partition coefficient (Wildman–Crippen LogP) is 5.37. The summed E-state index contributed by atoms with van der Waals surface area (Å²) >= 11 is 0. The van der Waals surface area contributed by atoms with Gasteiger partial charge in [-0.2, -0.15) is 13.5 Å². The van der Waals surface area contributed by atoms with E-state index in [2.05, 4.69) is 5.10 Å². The van der Waals surface area contributed by atoms with Crippen LogP contribution in [0.3, 0.4) is 0 Å². The monoisotopic (exact) mass is 558 g/mol. The molecule has 0 unspecified atom stereocenters. The smallest absolute Gasteiger partial charge is 0.340 e. The van der Waals surface area contributed by atoms with E-state index in [1.54, 1.807) is 32.0 Å². The molecule has 1 heterocycles. The van der Waals surface area contributed by atoms with Gasteiger partial charge in [0.05, 0.1) is 10.6 Å². The number of benzene rings is 2. The number of sulfone groups is 1. The molecular weight excluding hydrogens is 524 g/mol. The van der Waals surface area contributed by atoms with Crippen LogP contribution in [-0.4, -0.2) is 38.7 Å². The second kappa shape index (κ2) is 10.9. The molecule has 0 spiro atoms. The highest BCUT2D eigenvalue weighted by Gasteiger charge is 2.31. The molecule has 0 aliphatic carbocycles. The normalized spacial score (nSPS) is 12.0. The Balaban J connectivity index is 2.28. The van der Waals surface area contributed by atoms with Gasteiger partial charge >= 0.3 is 10.1 Å². The van der Waals surface area contributed by atoms with Gasteiger partial charge in [-0.25, -0.2) is 13.1 Å². The predicted molar refractivity (Wildman–Crippen MR) is 148 cm³/mol. The van der Waals surface area contributed by atoms with Gasteiger partial charge in [0, 0.05) is 18.4 Å². The second-order valence-electron chi connectivity index (χ2n) is 10.0. The molecule has 0 saturated carbocycles. The molecule has 3 aromatic rings. The number of allylic oxidation sites excluding steroid dienone is 2. The quantitative estimate of drug-likeness (QED) is 0.256. The maximum absolute atomic E-state index is 14.0. The molecule has 0 amide bonds. The maximum atomic E-state index is 14.0. The standard InChI is InChI=1S/C28H34N2O6S2/c1-17(2)16-30-28(36-38(34,35)22-12-10-9-11-13-22)26(21(7)29-30)27(31)23-14-15-24(37(8,32)33)25(20(23)6)19(5)18(3)4/h9-15,17H,16H2,1-8H3. The largest absolute Gasteiger partial charge is 0.358 e. The van der Waals surface area contributed by atoms with Crippen LogP contribution in [0.25, 0.3) is 5.57 Å². The highest BCUT2D eigenvalue weighted by Crippen LogP contribution is 2.35. The van der Waals surface area contributed by atoms with Crippen molar-refractivity contribution >= 4 is 31.3 Å². The Morgan fingerprint density at radius 3 is 2.08 bits per heavy atom. The summed E-state index contributed by atoms with van der Waals surface area (Å²) in [5.74, 6) is -0.588. The van der Waals surface area contributed by atoms with Crippen molar-refractivity contribution in [3.05, 3.63) is 76.0 Å². The Labute approximate surface area is 225 Å². The van der Waals surface area contributed by atoms with Crippen molar-refractivity contribution in [3.8, 4) is 5.88 Å². The Bertz CT molecular complexity index is 1630. The third-order valence-corrected chi connectivity index (χ3v) is 8.63. The highest BCUT2D eigenvalue weighted by molar-refractivity contribution is 7.90. The van der Waals surface area contributed by atoms with E-state index >= 15 is 0 Å². The molecule has 0 N–H and O–H groups in total. The molecule has 0 aliphatic rings. The maximum Gasteiger partial charge on any atom is 0.340 e. The summed E-state index contributed by atoms with van der Waals surface area (Å²) in [4.78, 5) is 14.1. The van der Waals surface area contributed by atoms with E-state index in [4.69, 9.17) is 4.18 Å². The van der Waals surface area contributed by atoms with E-state index in [-0.39, 0.29) is 32.7 Å². The minimum atomic E-state index is -4.27. The fourth-order valence-corrected chi connectivity index (χ4v) is 6.16. The van der Waals surface area contributed by atoms with Crippen molar-refractivity contribution in [2.45, 2.75) is 64.8 Å². The Hall–Kier alpha value is -3.24. The van der Waals surface area contributed by atoms with E-state index in [1.165, 1.54) is 28.9 Å². The summed E-state index contributed by atoms with van der Waals surface area (Å²) in [6.45, 7) is 13.1. The van der Waals surface area contributed by atoms with Gasteiger partial charge in [-0.05, 0) is 81.5 Å². The Morgan fingerprint density at radius 2 is 1.55 bits per heavy atom. The first kappa shape index (κ1) is 29.3. The molecule has 204 valence electrons. The highest BCUT2D eigenvalue weighted by atomic mass is 32.2. The molecule has 10 heteroatoms. The Morgan fingerprint density at radius 1 is 0.947 bits per heavy atom. The first-order valence-electron chi connectivity index (χ1n) is 12.2. The molecule has 1 aromatic heterocycles. The minimum absolute atomic E-state index is 0.0150. The summed E-state index contributed by atoms with van der Waals surface area (Å²) < 4.78 is 58.5. The summed E-state index contributed by atoms with van der Waals surface area (Å²) in [6.07, 6.45) is 1.13. The fourth-order valence-electron chi connectivity index (χ4n) is 4.21. The van der Waals surface area contributed by atoms with Crippen LogP contribution < -0.4 is 4.18 Å². The van der Waals surface area contributed by atoms with Gasteiger partial charge in [0.15, 0.2) is 9.84 Å². The molecule has 3 rings (SSSR count). The lowest BCUT2D eigenvalue weighted by molar-refractivity contribution is 0.103. The zero-order chi connectivity index (χ0) is 28.6. The van der Waals surface area contributed by atoms with Crippen LogP contribution >= 0.6 is 0 Å². The lowest BCUT2D eigenvalue weighted by atomic mass is 9.91. The molecular formula is C28H34N2O6S2. The van der Waals surface area contributed by atoms with Crippen LogP contribution in [0.2, 0.25) is 0 Å². The number of aryl methyl sites for hydroxylation is 1. The summed E-state index contributed by atoms with van der Waals surface area (Å²) in [5, 5.41) is 4.45. The molecule has 2 aromatic carbocycles. The summed E-state index contributed by atoms with van der Waals surface area (Å²) in [5.41, 5.74) is 3.15. The lowest BCUT2D eigenvalue weighted by Crippen LogP contribution is -2.17. The first-order chi connectivity index (χ1) is 17.6. The van der Waals surface area contributed by atoms with Gasteiger partial charge in [-0.3, -0.25) is 4.79 Å². The minimum Gasteiger partial charge on any atom is -0.358 e. The number of carbonyl (C=O) groups is 1. The number of aromatic nitrogens is 2. The van der Waals surface area contributed by atoms with Crippen molar-refractivity contribution < 1.29 is 25.8 Å². The fraction of sp³-hybridized carbons (Fsp3) is 0.357. The van der Waals surface area contributed by atoms with E-state index in [0.717, 1.165) is 17.4 Å². The van der Waals surface area contributed by atoms with Gasteiger partial charge < -0.3 is 4.18 Å². The van der Waals surface area contributed by atoms with Gasteiger partial charge in [-0.15, -0.1) is 0 Å². The number of carbonyl (C=O) groups excluding carboxylic acids is 1. The lowest BCUT2D eigenvalue weighted by Gasteiger charge is -2.17. The second-order valence-corrected chi connectivity index (χ2v) is 13.6. The molecule has 0 radical (unpaired) electrons. The van der Waals surface area contributed by atoms with Crippen LogP contribution in [0.5, 0.6) is 5.88 Å². The van der Waals surface area contributed by atoms with Gasteiger partial charge in [-0.1, -0.05) is 37.6 Å².